The minimum atomic E-state index is -0.571. The summed E-state index contributed by atoms with van der Waals surface area (Å²) in [5.74, 6) is -0.720. The number of nitro groups is 1. The van der Waals surface area contributed by atoms with Gasteiger partial charge in [0.1, 0.15) is 5.75 Å². The molecule has 0 spiro atoms. The molecule has 7 heteroatoms. The zero-order valence-electron chi connectivity index (χ0n) is 13.8. The van der Waals surface area contributed by atoms with Gasteiger partial charge in [-0.1, -0.05) is 36.4 Å². The number of hydrogen-bond acceptors (Lipinski definition) is 5. The van der Waals surface area contributed by atoms with Crippen LogP contribution in [0.25, 0.3) is 10.8 Å². The fraction of sp³-hybridized carbons (Fsp3) is 0.0526. The molecule has 3 aromatic carbocycles. The van der Waals surface area contributed by atoms with Gasteiger partial charge in [0.25, 0.3) is 11.6 Å². The van der Waals surface area contributed by atoms with Crippen molar-refractivity contribution in [3.05, 3.63) is 81.9 Å². The van der Waals surface area contributed by atoms with Gasteiger partial charge in [0.2, 0.25) is 0 Å². The van der Waals surface area contributed by atoms with Gasteiger partial charge in [0.15, 0.2) is 0 Å². The zero-order valence-corrected chi connectivity index (χ0v) is 13.8. The molecule has 1 amide bonds. The van der Waals surface area contributed by atoms with Crippen molar-refractivity contribution in [2.45, 2.75) is 6.92 Å². The van der Waals surface area contributed by atoms with E-state index in [0.717, 1.165) is 10.8 Å². The van der Waals surface area contributed by atoms with Crippen molar-refractivity contribution in [1.29, 1.82) is 0 Å². The van der Waals surface area contributed by atoms with E-state index in [1.54, 1.807) is 25.1 Å². The first kappa shape index (κ1) is 17.1. The topological polar surface area (TPSA) is 105 Å². The van der Waals surface area contributed by atoms with Crippen molar-refractivity contribution < 1.29 is 14.8 Å². The molecule has 3 rings (SSSR count). The molecule has 0 aliphatic heterocycles. The summed E-state index contributed by atoms with van der Waals surface area (Å²) in [4.78, 5) is 22.7. The van der Waals surface area contributed by atoms with Crippen LogP contribution in [-0.2, 0) is 0 Å². The summed E-state index contributed by atoms with van der Waals surface area (Å²) in [7, 11) is 0. The molecule has 0 atom stereocenters. The quantitative estimate of drug-likeness (QED) is 0.426. The van der Waals surface area contributed by atoms with E-state index in [9.17, 15) is 20.0 Å². The van der Waals surface area contributed by atoms with Gasteiger partial charge in [-0.25, -0.2) is 5.43 Å². The Kier molecular flexibility index (Phi) is 4.62. The minimum absolute atomic E-state index is 0.0597. The Balaban J connectivity index is 1.84. The smallest absolute Gasteiger partial charge is 0.275 e. The third kappa shape index (κ3) is 3.51. The highest BCUT2D eigenvalue weighted by atomic mass is 16.6. The summed E-state index contributed by atoms with van der Waals surface area (Å²) in [6.45, 7) is 1.62. The summed E-state index contributed by atoms with van der Waals surface area (Å²) in [5, 5.41) is 26.5. The fourth-order valence-corrected chi connectivity index (χ4v) is 2.51. The zero-order chi connectivity index (χ0) is 18.7. The number of carbonyl (C=O) groups excluding carboxylic acids is 1. The van der Waals surface area contributed by atoms with E-state index in [2.05, 4.69) is 10.5 Å². The summed E-state index contributed by atoms with van der Waals surface area (Å²) in [5.41, 5.74) is 3.33. The van der Waals surface area contributed by atoms with Crippen LogP contribution < -0.4 is 5.43 Å². The van der Waals surface area contributed by atoms with Gasteiger partial charge in [-0.3, -0.25) is 14.9 Å². The molecule has 0 radical (unpaired) electrons. The van der Waals surface area contributed by atoms with Crippen molar-refractivity contribution in [3.8, 4) is 5.75 Å². The number of benzene rings is 3. The lowest BCUT2D eigenvalue weighted by atomic mass is 10.1. The fourth-order valence-electron chi connectivity index (χ4n) is 2.51. The molecule has 0 fully saturated rings. The number of hydrogen-bond donors (Lipinski definition) is 2. The van der Waals surface area contributed by atoms with Crippen molar-refractivity contribution in [2.24, 2.45) is 5.10 Å². The molecule has 0 bridgehead atoms. The largest absolute Gasteiger partial charge is 0.507 e. The van der Waals surface area contributed by atoms with Gasteiger partial charge in [0, 0.05) is 17.7 Å². The van der Waals surface area contributed by atoms with Crippen LogP contribution in [0, 0.1) is 10.1 Å². The molecule has 7 nitrogen and oxygen atoms in total. The maximum absolute atomic E-state index is 12.3. The summed E-state index contributed by atoms with van der Waals surface area (Å²) >= 11 is 0. The van der Waals surface area contributed by atoms with Gasteiger partial charge in [-0.15, -0.1) is 0 Å². The van der Waals surface area contributed by atoms with E-state index < -0.39 is 10.8 Å². The number of rotatable bonds is 4. The summed E-state index contributed by atoms with van der Waals surface area (Å²) < 4.78 is 0. The SMILES string of the molecule is C/C(=N/NC(=O)c1cc2ccccc2cc1O)c1cccc([N+](=O)[O-])c1. The van der Waals surface area contributed by atoms with Crippen LogP contribution >= 0.6 is 0 Å². The monoisotopic (exact) mass is 349 g/mol. The highest BCUT2D eigenvalue weighted by Gasteiger charge is 2.13. The van der Waals surface area contributed by atoms with Crippen molar-refractivity contribution in [2.75, 3.05) is 0 Å². The van der Waals surface area contributed by atoms with Gasteiger partial charge in [-0.05, 0) is 29.8 Å². The van der Waals surface area contributed by atoms with E-state index in [4.69, 9.17) is 0 Å². The predicted octanol–water partition coefficient (Wildman–Crippen LogP) is 3.61. The van der Waals surface area contributed by atoms with Gasteiger partial charge >= 0.3 is 0 Å². The second-order valence-corrected chi connectivity index (χ2v) is 5.66. The first-order chi connectivity index (χ1) is 12.5. The third-order valence-corrected chi connectivity index (χ3v) is 3.91. The molecule has 0 saturated carbocycles. The number of amides is 1. The second-order valence-electron chi connectivity index (χ2n) is 5.66. The average Bonchev–Trinajstić information content (AvgIpc) is 2.65. The molecule has 0 unspecified atom stereocenters. The maximum Gasteiger partial charge on any atom is 0.275 e. The van der Waals surface area contributed by atoms with Gasteiger partial charge in [0.05, 0.1) is 16.2 Å². The summed E-state index contributed by atoms with van der Waals surface area (Å²) in [6.07, 6.45) is 0. The normalized spacial score (nSPS) is 11.3. The number of phenols is 1. The van der Waals surface area contributed by atoms with E-state index in [-0.39, 0.29) is 17.0 Å². The highest BCUT2D eigenvalue weighted by Crippen LogP contribution is 2.24. The lowest BCUT2D eigenvalue weighted by Crippen LogP contribution is -2.19. The molecule has 3 aromatic rings. The molecule has 0 aromatic heterocycles. The third-order valence-electron chi connectivity index (χ3n) is 3.91. The lowest BCUT2D eigenvalue weighted by Gasteiger charge is -2.07. The van der Waals surface area contributed by atoms with Crippen LogP contribution in [0.15, 0.2) is 65.8 Å². The number of nitrogens with one attached hydrogen (secondary N) is 1. The number of non-ortho nitro benzene ring substituents is 1. The average molecular weight is 349 g/mol. The van der Waals surface area contributed by atoms with Gasteiger partial charge < -0.3 is 5.11 Å². The number of phenolic OH excluding ortho intramolecular Hbond substituents is 1. The van der Waals surface area contributed by atoms with Crippen molar-refractivity contribution in [3.63, 3.8) is 0 Å². The molecular weight excluding hydrogens is 334 g/mol. The molecule has 0 saturated heterocycles. The standard InChI is InChI=1S/C19H15N3O4/c1-12(13-7-4-8-16(9-13)22(25)26)20-21-19(24)17-10-14-5-2-3-6-15(14)11-18(17)23/h2-11,23H,1H3,(H,21,24)/b20-12-. The molecule has 130 valence electrons. The van der Waals surface area contributed by atoms with E-state index in [1.165, 1.54) is 18.2 Å². The van der Waals surface area contributed by atoms with Crippen LogP contribution in [0.4, 0.5) is 5.69 Å². The van der Waals surface area contributed by atoms with Gasteiger partial charge in [-0.2, -0.15) is 5.10 Å². The first-order valence-corrected chi connectivity index (χ1v) is 7.77. The minimum Gasteiger partial charge on any atom is -0.507 e. The van der Waals surface area contributed by atoms with Crippen molar-refractivity contribution >= 4 is 28.1 Å². The Hall–Kier alpha value is -3.74. The Morgan fingerprint density at radius 3 is 2.46 bits per heavy atom. The summed E-state index contributed by atoms with van der Waals surface area (Å²) in [6, 6.07) is 16.4. The Labute approximate surface area is 148 Å². The first-order valence-electron chi connectivity index (χ1n) is 7.77. The van der Waals surface area contributed by atoms with Crippen molar-refractivity contribution in [1.82, 2.24) is 5.43 Å². The lowest BCUT2D eigenvalue weighted by molar-refractivity contribution is -0.384. The predicted molar refractivity (Wildman–Crippen MR) is 98.4 cm³/mol. The number of carbonyl (C=O) groups is 1. The number of hydrazone groups is 1. The van der Waals surface area contributed by atoms with Crippen LogP contribution in [0.1, 0.15) is 22.8 Å². The van der Waals surface area contributed by atoms with E-state index in [1.807, 2.05) is 24.3 Å². The molecular formula is C19H15N3O4. The molecule has 2 N–H and O–H groups in total. The Morgan fingerprint density at radius 2 is 1.77 bits per heavy atom. The molecule has 0 heterocycles. The second kappa shape index (κ2) is 7.02. The number of fused-ring (bicyclic) bond motifs is 1. The van der Waals surface area contributed by atoms with Crippen LogP contribution in [0.5, 0.6) is 5.75 Å². The maximum atomic E-state index is 12.3. The number of nitrogens with zero attached hydrogens (tertiary/aromatic N) is 2. The molecule has 0 aliphatic carbocycles. The Bertz CT molecular complexity index is 1040. The highest BCUT2D eigenvalue weighted by molar-refractivity contribution is 6.03. The van der Waals surface area contributed by atoms with Crippen LogP contribution in [0.3, 0.4) is 0 Å². The van der Waals surface area contributed by atoms with E-state index in [0.29, 0.717) is 11.3 Å². The molecule has 0 aliphatic rings. The van der Waals surface area contributed by atoms with E-state index >= 15 is 0 Å². The number of nitro benzene ring substituents is 1. The van der Waals surface area contributed by atoms with Crippen LogP contribution in [0.2, 0.25) is 0 Å². The molecule has 26 heavy (non-hydrogen) atoms. The Morgan fingerprint density at radius 1 is 1.08 bits per heavy atom. The van der Waals surface area contributed by atoms with Crippen LogP contribution in [-0.4, -0.2) is 21.6 Å². The number of aromatic hydroxyl groups is 1.